The fourth-order valence-corrected chi connectivity index (χ4v) is 4.25. The molecule has 1 aromatic carbocycles. The van der Waals surface area contributed by atoms with Crippen LogP contribution < -0.4 is 10.6 Å². The highest BCUT2D eigenvalue weighted by molar-refractivity contribution is 6.07. The van der Waals surface area contributed by atoms with Gasteiger partial charge in [0.25, 0.3) is 11.8 Å². The number of amides is 3. The van der Waals surface area contributed by atoms with Gasteiger partial charge < -0.3 is 20.1 Å². The van der Waals surface area contributed by atoms with Crippen LogP contribution in [0.4, 0.5) is 0 Å². The lowest BCUT2D eigenvalue weighted by molar-refractivity contribution is -0.132. The molecule has 3 amide bonds. The smallest absolute Gasteiger partial charge is 0.273 e. The van der Waals surface area contributed by atoms with Crippen LogP contribution in [-0.4, -0.2) is 57.3 Å². The van der Waals surface area contributed by atoms with Gasteiger partial charge >= 0.3 is 0 Å². The monoisotopic (exact) mass is 467 g/mol. The van der Waals surface area contributed by atoms with Gasteiger partial charge in [-0.2, -0.15) is 0 Å². The molecule has 0 saturated carbocycles. The number of carbonyl (C=O) groups is 3. The highest BCUT2D eigenvalue weighted by atomic mass is 16.2. The molecule has 0 radical (unpaired) electrons. The van der Waals surface area contributed by atoms with Gasteiger partial charge in [0.05, 0.1) is 12.9 Å². The number of aromatic nitrogens is 2. The molecule has 0 spiro atoms. The van der Waals surface area contributed by atoms with Gasteiger partial charge in [-0.3, -0.25) is 14.4 Å². The Hall–Kier alpha value is -3.16. The summed E-state index contributed by atoms with van der Waals surface area (Å²) in [6.45, 7) is 11.7. The lowest BCUT2D eigenvalue weighted by Gasteiger charge is -2.43. The summed E-state index contributed by atoms with van der Waals surface area (Å²) in [6.07, 6.45) is 3.75. The Bertz CT molecular complexity index is 1030. The van der Waals surface area contributed by atoms with Gasteiger partial charge in [0.1, 0.15) is 11.2 Å². The number of imidazole rings is 1. The normalized spacial score (nSPS) is 17.6. The van der Waals surface area contributed by atoms with Crippen LogP contribution in [0.15, 0.2) is 30.6 Å². The number of hydrogen-bond acceptors (Lipinski definition) is 4. The average molecular weight is 468 g/mol. The number of hydrogen-bond donors (Lipinski definition) is 2. The minimum absolute atomic E-state index is 0.109. The maximum absolute atomic E-state index is 13.5. The van der Waals surface area contributed by atoms with Crippen molar-refractivity contribution in [3.63, 3.8) is 0 Å². The Morgan fingerprint density at radius 1 is 1.15 bits per heavy atom. The molecular weight excluding hydrogens is 430 g/mol. The second-order valence-corrected chi connectivity index (χ2v) is 9.73. The van der Waals surface area contributed by atoms with Crippen molar-refractivity contribution in [3.8, 4) is 0 Å². The molecule has 1 atom stereocenters. The van der Waals surface area contributed by atoms with Crippen molar-refractivity contribution in [3.05, 3.63) is 53.1 Å². The topological polar surface area (TPSA) is 96.3 Å². The molecule has 2 aromatic rings. The van der Waals surface area contributed by atoms with Crippen LogP contribution in [0.25, 0.3) is 0 Å². The van der Waals surface area contributed by atoms with Crippen molar-refractivity contribution >= 4 is 17.7 Å². The Morgan fingerprint density at radius 3 is 2.50 bits per heavy atom. The molecule has 0 saturated heterocycles. The van der Waals surface area contributed by atoms with E-state index in [0.717, 1.165) is 12.0 Å². The van der Waals surface area contributed by atoms with Gasteiger partial charge in [0, 0.05) is 19.6 Å². The van der Waals surface area contributed by atoms with E-state index in [9.17, 15) is 14.4 Å². The molecule has 1 aliphatic rings. The third kappa shape index (κ3) is 5.48. The summed E-state index contributed by atoms with van der Waals surface area (Å²) in [6, 6.07) is 8.16. The van der Waals surface area contributed by atoms with E-state index in [2.05, 4.69) is 29.5 Å². The lowest BCUT2D eigenvalue weighted by atomic mass is 9.93. The van der Waals surface area contributed by atoms with E-state index in [4.69, 9.17) is 0 Å². The second-order valence-electron chi connectivity index (χ2n) is 9.73. The zero-order valence-electron chi connectivity index (χ0n) is 21.0. The highest BCUT2D eigenvalue weighted by Gasteiger charge is 2.48. The molecule has 184 valence electrons. The number of nitrogens with zero attached hydrogens (tertiary/aromatic N) is 3. The van der Waals surface area contributed by atoms with Crippen molar-refractivity contribution in [2.24, 2.45) is 5.92 Å². The summed E-state index contributed by atoms with van der Waals surface area (Å²) < 4.78 is 1.64. The lowest BCUT2D eigenvalue weighted by Crippen LogP contribution is -2.64. The SMILES string of the molecule is CCCN1C(=O)c2c(C(=O)NCCc3ccc(C)cc3)ncn2C[C@]1(C)C(=O)NCCC(C)C. The van der Waals surface area contributed by atoms with Crippen molar-refractivity contribution in [1.29, 1.82) is 0 Å². The highest BCUT2D eigenvalue weighted by Crippen LogP contribution is 2.29. The zero-order chi connectivity index (χ0) is 24.9. The van der Waals surface area contributed by atoms with E-state index >= 15 is 0 Å². The van der Waals surface area contributed by atoms with Crippen LogP contribution in [0, 0.1) is 12.8 Å². The van der Waals surface area contributed by atoms with Crippen molar-refractivity contribution in [1.82, 2.24) is 25.1 Å². The molecule has 0 aliphatic carbocycles. The first-order chi connectivity index (χ1) is 16.2. The molecule has 0 unspecified atom stereocenters. The Balaban J connectivity index is 1.75. The molecular formula is C26H37N5O3. The van der Waals surface area contributed by atoms with Crippen molar-refractivity contribution in [2.45, 2.75) is 66.0 Å². The first-order valence-electron chi connectivity index (χ1n) is 12.2. The van der Waals surface area contributed by atoms with Gasteiger partial charge in [-0.05, 0) is 44.6 Å². The number of fused-ring (bicyclic) bond motifs is 1. The molecule has 2 N–H and O–H groups in total. The van der Waals surface area contributed by atoms with E-state index in [1.54, 1.807) is 16.4 Å². The maximum atomic E-state index is 13.5. The second kappa shape index (κ2) is 10.8. The predicted octanol–water partition coefficient (Wildman–Crippen LogP) is 2.95. The van der Waals surface area contributed by atoms with Gasteiger partial charge in [-0.25, -0.2) is 4.98 Å². The van der Waals surface area contributed by atoms with Crippen LogP contribution >= 0.6 is 0 Å². The zero-order valence-corrected chi connectivity index (χ0v) is 21.0. The van der Waals surface area contributed by atoms with Crippen molar-refractivity contribution < 1.29 is 14.4 Å². The Labute approximate surface area is 202 Å². The molecule has 1 aromatic heterocycles. The van der Waals surface area contributed by atoms with Crippen LogP contribution in [-0.2, 0) is 17.8 Å². The molecule has 3 rings (SSSR count). The number of benzene rings is 1. The third-order valence-electron chi connectivity index (χ3n) is 6.34. The van der Waals surface area contributed by atoms with E-state index < -0.39 is 5.54 Å². The van der Waals surface area contributed by atoms with Gasteiger partial charge in [0.2, 0.25) is 5.91 Å². The van der Waals surface area contributed by atoms with Crippen LogP contribution in [0.1, 0.15) is 72.6 Å². The number of aryl methyl sites for hydroxylation is 1. The quantitative estimate of drug-likeness (QED) is 0.562. The molecule has 8 heteroatoms. The van der Waals surface area contributed by atoms with E-state index in [0.29, 0.717) is 38.4 Å². The van der Waals surface area contributed by atoms with Gasteiger partial charge in [-0.1, -0.05) is 50.6 Å². The summed E-state index contributed by atoms with van der Waals surface area (Å²) in [4.78, 5) is 45.4. The van der Waals surface area contributed by atoms with Crippen LogP contribution in [0.3, 0.4) is 0 Å². The Kier molecular flexibility index (Phi) is 8.12. The first-order valence-corrected chi connectivity index (χ1v) is 12.2. The molecule has 1 aliphatic heterocycles. The molecule has 0 fully saturated rings. The van der Waals surface area contributed by atoms with E-state index in [1.165, 1.54) is 11.9 Å². The summed E-state index contributed by atoms with van der Waals surface area (Å²) in [5.74, 6) is -0.426. The number of nitrogens with one attached hydrogen (secondary N) is 2. The predicted molar refractivity (Wildman–Crippen MR) is 132 cm³/mol. The minimum atomic E-state index is -1.04. The van der Waals surface area contributed by atoms with Gasteiger partial charge in [0.15, 0.2) is 5.69 Å². The summed E-state index contributed by atoms with van der Waals surface area (Å²) in [7, 11) is 0. The molecule has 8 nitrogen and oxygen atoms in total. The van der Waals surface area contributed by atoms with Gasteiger partial charge in [-0.15, -0.1) is 0 Å². The molecule has 34 heavy (non-hydrogen) atoms. The fourth-order valence-electron chi connectivity index (χ4n) is 4.25. The van der Waals surface area contributed by atoms with Crippen LogP contribution in [0.5, 0.6) is 0 Å². The summed E-state index contributed by atoms with van der Waals surface area (Å²) in [5, 5.41) is 5.88. The third-order valence-corrected chi connectivity index (χ3v) is 6.34. The first kappa shape index (κ1) is 25.5. The summed E-state index contributed by atoms with van der Waals surface area (Å²) >= 11 is 0. The molecule has 2 heterocycles. The fraction of sp³-hybridized carbons (Fsp3) is 0.538. The minimum Gasteiger partial charge on any atom is -0.354 e. The standard InChI is InChI=1S/C26H37N5O3/c1-6-15-31-24(33)22-21(23(32)27-14-12-20-9-7-19(4)8-10-20)29-17-30(22)16-26(31,5)25(34)28-13-11-18(2)3/h7-10,17-18H,6,11-16H2,1-5H3,(H,27,32)(H,28,34)/t26-/m1/s1. The number of rotatable bonds is 10. The van der Waals surface area contributed by atoms with E-state index in [-0.39, 0.29) is 35.7 Å². The Morgan fingerprint density at radius 2 is 1.85 bits per heavy atom. The van der Waals surface area contributed by atoms with E-state index in [1.807, 2.05) is 38.1 Å². The van der Waals surface area contributed by atoms with Crippen molar-refractivity contribution in [2.75, 3.05) is 19.6 Å². The van der Waals surface area contributed by atoms with Crippen LogP contribution in [0.2, 0.25) is 0 Å². The number of carbonyl (C=O) groups excluding carboxylic acids is 3. The average Bonchev–Trinajstić information content (AvgIpc) is 3.21. The summed E-state index contributed by atoms with van der Waals surface area (Å²) in [5.41, 5.74) is 1.62. The largest absolute Gasteiger partial charge is 0.354 e. The molecule has 0 bridgehead atoms. The maximum Gasteiger partial charge on any atom is 0.273 e.